The Labute approximate surface area is 186 Å². The average molecular weight is 460 g/mol. The Morgan fingerprint density at radius 1 is 1.06 bits per heavy atom. The fourth-order valence-corrected chi connectivity index (χ4v) is 5.60. The van der Waals surface area contributed by atoms with Crippen molar-refractivity contribution in [3.05, 3.63) is 47.5 Å². The lowest BCUT2D eigenvalue weighted by Gasteiger charge is -2.37. The molecule has 1 fully saturated rings. The Kier molecular flexibility index (Phi) is 6.22. The van der Waals surface area contributed by atoms with Crippen molar-refractivity contribution < 1.29 is 13.2 Å². The molecule has 0 spiro atoms. The van der Waals surface area contributed by atoms with Gasteiger partial charge in [0.15, 0.2) is 0 Å². The Balaban J connectivity index is 1.31. The molecule has 1 aliphatic heterocycles. The number of carbonyl (C=O) groups is 1. The van der Waals surface area contributed by atoms with E-state index in [1.165, 1.54) is 22.9 Å². The monoisotopic (exact) mass is 459 g/mol. The van der Waals surface area contributed by atoms with Crippen LogP contribution >= 0.6 is 11.7 Å². The Bertz CT molecular complexity index is 1200. The lowest BCUT2D eigenvalue weighted by Crippen LogP contribution is -2.49. The second-order valence-electron chi connectivity index (χ2n) is 7.62. The molecule has 4 rings (SSSR count). The molecule has 0 bridgehead atoms. The predicted octanol–water partition coefficient (Wildman–Crippen LogP) is 2.33. The van der Waals surface area contributed by atoms with Crippen LogP contribution in [0.2, 0.25) is 0 Å². The molecule has 0 atom stereocenters. The first-order valence-corrected chi connectivity index (χ1v) is 12.4. The molecule has 0 saturated carbocycles. The van der Waals surface area contributed by atoms with Crippen LogP contribution < -0.4 is 9.62 Å². The summed E-state index contributed by atoms with van der Waals surface area (Å²) in [5, 5.41) is 0. The third-order valence-electron chi connectivity index (χ3n) is 5.72. The molecule has 8 nitrogen and oxygen atoms in total. The smallest absolute Gasteiger partial charge is 0.242 e. The van der Waals surface area contributed by atoms with E-state index in [1.807, 2.05) is 0 Å². The van der Waals surface area contributed by atoms with Gasteiger partial charge < -0.3 is 9.80 Å². The van der Waals surface area contributed by atoms with Crippen molar-refractivity contribution in [1.82, 2.24) is 18.4 Å². The van der Waals surface area contributed by atoms with E-state index in [0.717, 1.165) is 24.8 Å². The van der Waals surface area contributed by atoms with Gasteiger partial charge in [0.25, 0.3) is 0 Å². The first kappa shape index (κ1) is 21.7. The van der Waals surface area contributed by atoms with Gasteiger partial charge in [0.05, 0.1) is 11.7 Å². The normalized spacial score (nSPS) is 14.9. The first-order valence-electron chi connectivity index (χ1n) is 10.2. The second kappa shape index (κ2) is 8.89. The van der Waals surface area contributed by atoms with Crippen molar-refractivity contribution >= 4 is 44.4 Å². The molecule has 1 aliphatic rings. The summed E-state index contributed by atoms with van der Waals surface area (Å²) in [6.07, 6.45) is 0.119. The average Bonchev–Trinajstić information content (AvgIpc) is 3.24. The van der Waals surface area contributed by atoms with Crippen LogP contribution in [0.3, 0.4) is 0 Å². The van der Waals surface area contributed by atoms with Crippen molar-refractivity contribution in [2.45, 2.75) is 25.2 Å². The van der Waals surface area contributed by atoms with E-state index in [1.54, 1.807) is 17.0 Å². The van der Waals surface area contributed by atoms with Gasteiger partial charge in [-0.25, -0.2) is 13.1 Å². The summed E-state index contributed by atoms with van der Waals surface area (Å²) in [4.78, 5) is 16.8. The second-order valence-corrected chi connectivity index (χ2v) is 9.89. The largest absolute Gasteiger partial charge is 0.368 e. The number of carbonyl (C=O) groups excluding carboxylic acids is 1. The Morgan fingerprint density at radius 2 is 1.81 bits per heavy atom. The Morgan fingerprint density at radius 3 is 2.58 bits per heavy atom. The van der Waals surface area contributed by atoms with Gasteiger partial charge in [-0.3, -0.25) is 4.79 Å². The summed E-state index contributed by atoms with van der Waals surface area (Å²) >= 11 is 0.974. The van der Waals surface area contributed by atoms with Gasteiger partial charge in [0.2, 0.25) is 15.9 Å². The van der Waals surface area contributed by atoms with E-state index >= 15 is 0 Å². The van der Waals surface area contributed by atoms with Crippen LogP contribution in [-0.4, -0.2) is 60.7 Å². The standard InChI is InChI=1S/C21H25N5O3S2/c1-15-5-3-7-18(16(15)2)25-11-13-26(14-12-25)20(27)9-10-22-31(28,29)19-8-4-6-17-21(19)24-30-23-17/h3-8,22H,9-14H2,1-2H3. The number of benzene rings is 2. The van der Waals surface area contributed by atoms with E-state index in [0.29, 0.717) is 24.1 Å². The van der Waals surface area contributed by atoms with E-state index in [-0.39, 0.29) is 23.8 Å². The van der Waals surface area contributed by atoms with Gasteiger partial charge in [-0.1, -0.05) is 18.2 Å². The molecule has 0 aliphatic carbocycles. The molecule has 0 unspecified atom stereocenters. The fraction of sp³-hybridized carbons (Fsp3) is 0.381. The van der Waals surface area contributed by atoms with Gasteiger partial charge in [0.1, 0.15) is 15.9 Å². The quantitative estimate of drug-likeness (QED) is 0.608. The third-order valence-corrected chi connectivity index (χ3v) is 7.75. The highest BCUT2D eigenvalue weighted by Gasteiger charge is 2.24. The van der Waals surface area contributed by atoms with Crippen LogP contribution in [-0.2, 0) is 14.8 Å². The topological polar surface area (TPSA) is 95.5 Å². The van der Waals surface area contributed by atoms with E-state index < -0.39 is 10.0 Å². The van der Waals surface area contributed by atoms with Crippen LogP contribution in [0.4, 0.5) is 5.69 Å². The van der Waals surface area contributed by atoms with Crippen LogP contribution in [0.25, 0.3) is 11.0 Å². The van der Waals surface area contributed by atoms with E-state index in [2.05, 4.69) is 50.4 Å². The number of fused-ring (bicyclic) bond motifs is 1. The molecule has 2 aromatic carbocycles. The number of rotatable bonds is 6. The minimum Gasteiger partial charge on any atom is -0.368 e. The van der Waals surface area contributed by atoms with Crippen molar-refractivity contribution in [3.8, 4) is 0 Å². The molecule has 0 radical (unpaired) electrons. The molecule has 3 aromatic rings. The SMILES string of the molecule is Cc1cccc(N2CCN(C(=O)CCNS(=O)(=O)c3cccc4nsnc34)CC2)c1C. The lowest BCUT2D eigenvalue weighted by atomic mass is 10.1. The van der Waals surface area contributed by atoms with E-state index in [4.69, 9.17) is 0 Å². The zero-order chi connectivity index (χ0) is 22.0. The number of hydrogen-bond acceptors (Lipinski definition) is 7. The van der Waals surface area contributed by atoms with Gasteiger partial charge in [0, 0.05) is 44.8 Å². The number of aryl methyl sites for hydroxylation is 1. The van der Waals surface area contributed by atoms with Gasteiger partial charge in [-0.05, 0) is 43.2 Å². The number of aromatic nitrogens is 2. The molecular weight excluding hydrogens is 434 g/mol. The van der Waals surface area contributed by atoms with Crippen LogP contribution in [0.15, 0.2) is 41.3 Å². The maximum absolute atomic E-state index is 12.7. The minimum absolute atomic E-state index is 0.0446. The molecule has 31 heavy (non-hydrogen) atoms. The third kappa shape index (κ3) is 4.56. The number of nitrogens with zero attached hydrogens (tertiary/aromatic N) is 4. The maximum Gasteiger partial charge on any atom is 0.242 e. The molecule has 1 saturated heterocycles. The van der Waals surface area contributed by atoms with Crippen molar-refractivity contribution in [2.24, 2.45) is 0 Å². The number of nitrogens with one attached hydrogen (secondary N) is 1. The van der Waals surface area contributed by atoms with Crippen LogP contribution in [0, 0.1) is 13.8 Å². The number of piperazine rings is 1. The molecule has 1 amide bonds. The van der Waals surface area contributed by atoms with E-state index in [9.17, 15) is 13.2 Å². The van der Waals surface area contributed by atoms with Crippen molar-refractivity contribution in [1.29, 1.82) is 0 Å². The lowest BCUT2D eigenvalue weighted by molar-refractivity contribution is -0.131. The van der Waals surface area contributed by atoms with Gasteiger partial charge in [-0.2, -0.15) is 8.75 Å². The molecule has 1 aromatic heterocycles. The highest BCUT2D eigenvalue weighted by molar-refractivity contribution is 7.89. The number of sulfonamides is 1. The summed E-state index contributed by atoms with van der Waals surface area (Å²) in [5.74, 6) is -0.0446. The highest BCUT2D eigenvalue weighted by Crippen LogP contribution is 2.24. The zero-order valence-corrected chi connectivity index (χ0v) is 19.2. The molecule has 10 heteroatoms. The van der Waals surface area contributed by atoms with Crippen LogP contribution in [0.1, 0.15) is 17.5 Å². The molecule has 2 heterocycles. The fourth-order valence-electron chi connectivity index (χ4n) is 3.80. The predicted molar refractivity (Wildman–Crippen MR) is 122 cm³/mol. The summed E-state index contributed by atoms with van der Waals surface area (Å²) in [6, 6.07) is 11.1. The summed E-state index contributed by atoms with van der Waals surface area (Å²) in [7, 11) is -3.76. The van der Waals surface area contributed by atoms with Gasteiger partial charge >= 0.3 is 0 Å². The summed E-state index contributed by atoms with van der Waals surface area (Å²) < 4.78 is 36.0. The zero-order valence-electron chi connectivity index (χ0n) is 17.5. The molecule has 1 N–H and O–H groups in total. The van der Waals surface area contributed by atoms with Crippen LogP contribution in [0.5, 0.6) is 0 Å². The molecule has 164 valence electrons. The summed E-state index contributed by atoms with van der Waals surface area (Å²) in [5.41, 5.74) is 4.64. The first-order chi connectivity index (χ1) is 14.9. The minimum atomic E-state index is -3.76. The summed E-state index contributed by atoms with van der Waals surface area (Å²) in [6.45, 7) is 7.06. The van der Waals surface area contributed by atoms with Crippen molar-refractivity contribution in [2.75, 3.05) is 37.6 Å². The number of amides is 1. The van der Waals surface area contributed by atoms with Crippen molar-refractivity contribution in [3.63, 3.8) is 0 Å². The highest BCUT2D eigenvalue weighted by atomic mass is 32.2. The number of hydrogen-bond donors (Lipinski definition) is 1. The maximum atomic E-state index is 12.7. The molecular formula is C21H25N5O3S2. The van der Waals surface area contributed by atoms with Gasteiger partial charge in [-0.15, -0.1) is 0 Å². The number of anilines is 1. The Hall–Kier alpha value is -2.56.